The van der Waals surface area contributed by atoms with Crippen LogP contribution < -0.4 is 10.1 Å². The molecule has 0 aromatic heterocycles. The smallest absolute Gasteiger partial charge is 0.123 e. The molecule has 21 heavy (non-hydrogen) atoms. The highest BCUT2D eigenvalue weighted by molar-refractivity contribution is 5.41. The van der Waals surface area contributed by atoms with Gasteiger partial charge in [0.1, 0.15) is 11.9 Å². The van der Waals surface area contributed by atoms with Gasteiger partial charge in [0.25, 0.3) is 0 Å². The number of hydrogen-bond acceptors (Lipinski definition) is 2. The van der Waals surface area contributed by atoms with Crippen LogP contribution in [0.2, 0.25) is 0 Å². The van der Waals surface area contributed by atoms with Crippen molar-refractivity contribution in [2.24, 2.45) is 17.8 Å². The minimum Gasteiger partial charge on any atom is -0.490 e. The van der Waals surface area contributed by atoms with Crippen LogP contribution in [0.1, 0.15) is 56.2 Å². The zero-order valence-corrected chi connectivity index (χ0v) is 13.3. The van der Waals surface area contributed by atoms with Crippen molar-refractivity contribution in [3.8, 4) is 5.75 Å². The monoisotopic (exact) mass is 285 g/mol. The van der Waals surface area contributed by atoms with Crippen molar-refractivity contribution in [2.75, 3.05) is 7.05 Å². The molecule has 5 atom stereocenters. The third-order valence-corrected chi connectivity index (χ3v) is 6.09. The van der Waals surface area contributed by atoms with Crippen molar-refractivity contribution in [1.82, 2.24) is 5.32 Å². The summed E-state index contributed by atoms with van der Waals surface area (Å²) in [6, 6.07) is 7.34. The van der Waals surface area contributed by atoms with Gasteiger partial charge in [0.2, 0.25) is 0 Å². The van der Waals surface area contributed by atoms with Gasteiger partial charge in [-0.25, -0.2) is 0 Å². The zero-order valence-electron chi connectivity index (χ0n) is 13.3. The quantitative estimate of drug-likeness (QED) is 0.899. The molecule has 2 fully saturated rings. The molecular weight excluding hydrogens is 258 g/mol. The van der Waals surface area contributed by atoms with Gasteiger partial charge < -0.3 is 10.1 Å². The van der Waals surface area contributed by atoms with E-state index in [0.29, 0.717) is 12.1 Å². The second-order valence-corrected chi connectivity index (χ2v) is 7.51. The predicted octanol–water partition coefficient (Wildman–Crippen LogP) is 4.10. The summed E-state index contributed by atoms with van der Waals surface area (Å²) < 4.78 is 5.83. The molecule has 1 aromatic rings. The molecule has 5 unspecified atom stereocenters. The van der Waals surface area contributed by atoms with E-state index in [2.05, 4.69) is 37.5 Å². The average Bonchev–Trinajstić information content (AvgIpc) is 3.17. The van der Waals surface area contributed by atoms with Crippen molar-refractivity contribution >= 4 is 0 Å². The Morgan fingerprint density at radius 1 is 1.29 bits per heavy atom. The first kappa shape index (κ1) is 13.6. The van der Waals surface area contributed by atoms with Crippen molar-refractivity contribution < 1.29 is 4.74 Å². The first-order chi connectivity index (χ1) is 10.2. The lowest BCUT2D eigenvalue weighted by atomic mass is 9.82. The van der Waals surface area contributed by atoms with E-state index in [1.165, 1.54) is 43.2 Å². The van der Waals surface area contributed by atoms with Crippen molar-refractivity contribution in [3.05, 3.63) is 29.3 Å². The molecule has 4 rings (SSSR count). The van der Waals surface area contributed by atoms with Gasteiger partial charge in [-0.05, 0) is 74.6 Å². The minimum atomic E-state index is 0.342. The molecule has 2 bridgehead atoms. The lowest BCUT2D eigenvalue weighted by Gasteiger charge is -2.27. The number of benzene rings is 1. The molecule has 2 saturated carbocycles. The third-order valence-electron chi connectivity index (χ3n) is 6.09. The van der Waals surface area contributed by atoms with Crippen LogP contribution in [0.5, 0.6) is 5.75 Å². The standard InChI is InChI=1S/C19H27NO/c1-12-7-17-10-15(5-6-19(17)21-12)18(20-2)11-16-9-13-3-4-14(16)8-13/h5-6,10,12-14,16,18,20H,3-4,7-9,11H2,1-2H3. The maximum atomic E-state index is 5.83. The molecule has 1 aliphatic heterocycles. The van der Waals surface area contributed by atoms with Crippen LogP contribution in [0.4, 0.5) is 0 Å². The first-order valence-electron chi connectivity index (χ1n) is 8.69. The highest BCUT2D eigenvalue weighted by Gasteiger charge is 2.40. The summed E-state index contributed by atoms with van der Waals surface area (Å²) in [5, 5.41) is 3.57. The van der Waals surface area contributed by atoms with Crippen molar-refractivity contribution in [2.45, 2.75) is 57.6 Å². The van der Waals surface area contributed by atoms with Gasteiger partial charge in [-0.1, -0.05) is 18.6 Å². The van der Waals surface area contributed by atoms with Crippen molar-refractivity contribution in [1.29, 1.82) is 0 Å². The van der Waals surface area contributed by atoms with Gasteiger partial charge in [0, 0.05) is 12.5 Å². The van der Waals surface area contributed by atoms with Crippen LogP contribution in [-0.2, 0) is 6.42 Å². The Balaban J connectivity index is 1.50. The van der Waals surface area contributed by atoms with E-state index in [0.717, 1.165) is 29.9 Å². The summed E-state index contributed by atoms with van der Waals surface area (Å²) in [6.45, 7) is 2.16. The summed E-state index contributed by atoms with van der Waals surface area (Å²) in [7, 11) is 2.12. The first-order valence-corrected chi connectivity index (χ1v) is 8.69. The summed E-state index contributed by atoms with van der Waals surface area (Å²) in [5.74, 6) is 4.11. The number of hydrogen-bond donors (Lipinski definition) is 1. The molecule has 2 nitrogen and oxygen atoms in total. The number of rotatable bonds is 4. The second kappa shape index (κ2) is 5.31. The van der Waals surface area contributed by atoms with E-state index < -0.39 is 0 Å². The Morgan fingerprint density at radius 3 is 2.90 bits per heavy atom. The lowest BCUT2D eigenvalue weighted by molar-refractivity contribution is 0.254. The third kappa shape index (κ3) is 2.48. The summed E-state index contributed by atoms with van der Waals surface area (Å²) in [6.07, 6.45) is 8.69. The molecule has 0 radical (unpaired) electrons. The van der Waals surface area contributed by atoms with E-state index in [1.807, 2.05) is 0 Å². The van der Waals surface area contributed by atoms with Crippen LogP contribution in [0, 0.1) is 17.8 Å². The normalized spacial score (nSPS) is 34.8. The van der Waals surface area contributed by atoms with Crippen molar-refractivity contribution in [3.63, 3.8) is 0 Å². The number of ether oxygens (including phenoxy) is 1. The molecule has 3 aliphatic rings. The molecular formula is C19H27NO. The zero-order chi connectivity index (χ0) is 14.4. The summed E-state index contributed by atoms with van der Waals surface area (Å²) in [4.78, 5) is 0. The van der Waals surface area contributed by atoms with Crippen LogP contribution in [0.15, 0.2) is 18.2 Å². The maximum Gasteiger partial charge on any atom is 0.123 e. The van der Waals surface area contributed by atoms with E-state index in [-0.39, 0.29) is 0 Å². The topological polar surface area (TPSA) is 21.3 Å². The Labute approximate surface area is 128 Å². The molecule has 1 N–H and O–H groups in total. The maximum absolute atomic E-state index is 5.83. The highest BCUT2D eigenvalue weighted by Crippen LogP contribution is 2.51. The molecule has 0 saturated heterocycles. The van der Waals surface area contributed by atoms with Crippen LogP contribution in [-0.4, -0.2) is 13.2 Å². The minimum absolute atomic E-state index is 0.342. The molecule has 114 valence electrons. The highest BCUT2D eigenvalue weighted by atomic mass is 16.5. The van der Waals surface area contributed by atoms with Gasteiger partial charge >= 0.3 is 0 Å². The fraction of sp³-hybridized carbons (Fsp3) is 0.684. The van der Waals surface area contributed by atoms with E-state index in [1.54, 1.807) is 0 Å². The van der Waals surface area contributed by atoms with E-state index >= 15 is 0 Å². The van der Waals surface area contributed by atoms with Crippen LogP contribution in [0.25, 0.3) is 0 Å². The van der Waals surface area contributed by atoms with Gasteiger partial charge in [-0.2, -0.15) is 0 Å². The largest absolute Gasteiger partial charge is 0.490 e. The average molecular weight is 285 g/mol. The Morgan fingerprint density at radius 2 is 2.19 bits per heavy atom. The Bertz CT molecular complexity index is 526. The molecule has 2 heteroatoms. The Hall–Kier alpha value is -1.02. The molecule has 0 spiro atoms. The van der Waals surface area contributed by atoms with Gasteiger partial charge in [0.15, 0.2) is 0 Å². The summed E-state index contributed by atoms with van der Waals surface area (Å²) >= 11 is 0. The molecule has 1 heterocycles. The number of fused-ring (bicyclic) bond motifs is 3. The summed E-state index contributed by atoms with van der Waals surface area (Å²) in [5.41, 5.74) is 2.85. The molecule has 1 aromatic carbocycles. The van der Waals surface area contributed by atoms with E-state index in [9.17, 15) is 0 Å². The van der Waals surface area contributed by atoms with Gasteiger partial charge in [-0.15, -0.1) is 0 Å². The fourth-order valence-corrected chi connectivity index (χ4v) is 5.05. The van der Waals surface area contributed by atoms with Crippen LogP contribution >= 0.6 is 0 Å². The molecule has 0 amide bonds. The number of nitrogens with one attached hydrogen (secondary N) is 1. The van der Waals surface area contributed by atoms with E-state index in [4.69, 9.17) is 4.74 Å². The fourth-order valence-electron chi connectivity index (χ4n) is 5.05. The van der Waals surface area contributed by atoms with Crippen LogP contribution in [0.3, 0.4) is 0 Å². The lowest BCUT2D eigenvalue weighted by Crippen LogP contribution is -2.22. The predicted molar refractivity (Wildman–Crippen MR) is 85.6 cm³/mol. The SMILES string of the molecule is CNC(CC1CC2CCC1C2)c1ccc2c(c1)CC(C)O2. The molecule has 2 aliphatic carbocycles. The van der Waals surface area contributed by atoms with Gasteiger partial charge in [0.05, 0.1) is 0 Å². The van der Waals surface area contributed by atoms with Gasteiger partial charge in [-0.3, -0.25) is 0 Å². The Kier molecular flexibility index (Phi) is 3.45. The second-order valence-electron chi connectivity index (χ2n) is 7.51.